The fraction of sp³-hybridized carbons (Fsp3) is 0.350. The molecule has 2 amide bonds. The maximum Gasteiger partial charge on any atom is 0.251 e. The van der Waals surface area contributed by atoms with Gasteiger partial charge in [-0.05, 0) is 38.1 Å². The number of pyridine rings is 1. The molecular formula is C20H24N4O3. The molecule has 3 rings (SSSR count). The molecule has 2 aromatic rings. The summed E-state index contributed by atoms with van der Waals surface area (Å²) in [5, 5.41) is 5.33. The van der Waals surface area contributed by atoms with Gasteiger partial charge in [-0.25, -0.2) is 4.98 Å². The lowest BCUT2D eigenvalue weighted by Gasteiger charge is -2.28. The molecule has 0 bridgehead atoms. The topological polar surface area (TPSA) is 83.6 Å². The molecule has 7 heteroatoms. The molecule has 7 nitrogen and oxygen atoms in total. The highest BCUT2D eigenvalue weighted by molar-refractivity contribution is 5.99. The van der Waals surface area contributed by atoms with Crippen molar-refractivity contribution < 1.29 is 14.3 Å². The number of hydrogen-bond donors (Lipinski definition) is 2. The smallest absolute Gasteiger partial charge is 0.251 e. The highest BCUT2D eigenvalue weighted by Crippen LogP contribution is 2.16. The van der Waals surface area contributed by atoms with E-state index in [1.54, 1.807) is 24.4 Å². The summed E-state index contributed by atoms with van der Waals surface area (Å²) in [6.07, 6.45) is 1.73. The zero-order valence-corrected chi connectivity index (χ0v) is 15.6. The second kappa shape index (κ2) is 8.64. The van der Waals surface area contributed by atoms with Crippen LogP contribution in [0.25, 0.3) is 0 Å². The third-order valence-corrected chi connectivity index (χ3v) is 4.28. The number of benzene rings is 1. The maximum absolute atomic E-state index is 12.2. The number of ether oxygens (including phenoxy) is 1. The number of rotatable bonds is 5. The van der Waals surface area contributed by atoms with Crippen LogP contribution in [-0.2, 0) is 9.53 Å². The summed E-state index contributed by atoms with van der Waals surface area (Å²) in [4.78, 5) is 30.7. The van der Waals surface area contributed by atoms with Crippen molar-refractivity contribution in [2.75, 3.05) is 43.1 Å². The van der Waals surface area contributed by atoms with Gasteiger partial charge in [-0.3, -0.25) is 9.59 Å². The maximum atomic E-state index is 12.2. The Balaban J connectivity index is 1.50. The first-order valence-corrected chi connectivity index (χ1v) is 8.96. The molecule has 1 aliphatic rings. The first kappa shape index (κ1) is 18.8. The van der Waals surface area contributed by atoms with Crippen LogP contribution in [0.4, 0.5) is 11.5 Å². The van der Waals surface area contributed by atoms with Gasteiger partial charge >= 0.3 is 0 Å². The summed E-state index contributed by atoms with van der Waals surface area (Å²) < 4.78 is 5.34. The lowest BCUT2D eigenvalue weighted by molar-refractivity contribution is -0.115. The average Bonchev–Trinajstić information content (AvgIpc) is 2.66. The van der Waals surface area contributed by atoms with E-state index in [1.165, 1.54) is 0 Å². The molecule has 1 saturated heterocycles. The second-order valence-electron chi connectivity index (χ2n) is 6.61. The lowest BCUT2D eigenvalue weighted by Crippen LogP contribution is -2.36. The average molecular weight is 368 g/mol. The summed E-state index contributed by atoms with van der Waals surface area (Å²) in [6.45, 7) is 6.83. The fourth-order valence-corrected chi connectivity index (χ4v) is 3.02. The predicted octanol–water partition coefficient (Wildman–Crippen LogP) is 1.90. The lowest BCUT2D eigenvalue weighted by atomic mass is 10.1. The van der Waals surface area contributed by atoms with Crippen LogP contribution in [0.3, 0.4) is 0 Å². The van der Waals surface area contributed by atoms with E-state index in [1.807, 2.05) is 26.0 Å². The van der Waals surface area contributed by atoms with E-state index in [9.17, 15) is 9.59 Å². The second-order valence-corrected chi connectivity index (χ2v) is 6.61. The van der Waals surface area contributed by atoms with Crippen molar-refractivity contribution in [3.05, 3.63) is 53.2 Å². The minimum Gasteiger partial charge on any atom is -0.378 e. The van der Waals surface area contributed by atoms with Crippen LogP contribution in [0.5, 0.6) is 0 Å². The molecule has 0 atom stereocenters. The fourth-order valence-electron chi connectivity index (χ4n) is 3.02. The van der Waals surface area contributed by atoms with Crippen LogP contribution in [0, 0.1) is 13.8 Å². The molecule has 0 aliphatic carbocycles. The zero-order valence-electron chi connectivity index (χ0n) is 15.6. The van der Waals surface area contributed by atoms with Gasteiger partial charge in [0.05, 0.1) is 31.6 Å². The van der Waals surface area contributed by atoms with E-state index in [0.717, 1.165) is 29.9 Å². The van der Waals surface area contributed by atoms with E-state index >= 15 is 0 Å². The molecule has 1 aliphatic heterocycles. The summed E-state index contributed by atoms with van der Waals surface area (Å²) in [6, 6.07) is 9.27. The molecule has 1 aromatic heterocycles. The zero-order chi connectivity index (χ0) is 19.2. The molecule has 2 heterocycles. The minimum absolute atomic E-state index is 0.112. The number of hydrogen-bond acceptors (Lipinski definition) is 5. The molecule has 142 valence electrons. The van der Waals surface area contributed by atoms with Gasteiger partial charge in [0, 0.05) is 18.7 Å². The molecule has 0 saturated carbocycles. The molecule has 27 heavy (non-hydrogen) atoms. The number of aryl methyl sites for hydroxylation is 2. The number of amides is 2. The Bertz CT molecular complexity index is 794. The van der Waals surface area contributed by atoms with E-state index in [2.05, 4.69) is 20.5 Å². The third-order valence-electron chi connectivity index (χ3n) is 4.28. The van der Waals surface area contributed by atoms with Gasteiger partial charge in [0.15, 0.2) is 0 Å². The predicted molar refractivity (Wildman–Crippen MR) is 104 cm³/mol. The third kappa shape index (κ3) is 5.27. The van der Waals surface area contributed by atoms with E-state index in [0.29, 0.717) is 24.6 Å². The van der Waals surface area contributed by atoms with Crippen molar-refractivity contribution in [1.82, 2.24) is 10.3 Å². The van der Waals surface area contributed by atoms with Crippen LogP contribution >= 0.6 is 0 Å². The Kier molecular flexibility index (Phi) is 6.03. The van der Waals surface area contributed by atoms with Crippen molar-refractivity contribution in [1.29, 1.82) is 0 Å². The summed E-state index contributed by atoms with van der Waals surface area (Å²) in [5.41, 5.74) is 3.57. The molecule has 0 unspecified atom stereocenters. The summed E-state index contributed by atoms with van der Waals surface area (Å²) in [7, 11) is 0. The van der Waals surface area contributed by atoms with Gasteiger partial charge in [0.25, 0.3) is 5.91 Å². The number of anilines is 2. The van der Waals surface area contributed by atoms with E-state index < -0.39 is 0 Å². The van der Waals surface area contributed by atoms with E-state index in [4.69, 9.17) is 4.74 Å². The molecule has 1 aromatic carbocycles. The van der Waals surface area contributed by atoms with Gasteiger partial charge in [-0.15, -0.1) is 0 Å². The van der Waals surface area contributed by atoms with Gasteiger partial charge in [0.2, 0.25) is 5.91 Å². The molecular weight excluding hydrogens is 344 g/mol. The number of nitrogens with one attached hydrogen (secondary N) is 2. The standard InChI is InChI=1S/C20H24N4O3/c1-14-9-15(2)11-16(10-14)20(26)22-13-19(25)23-18-4-3-17(12-21-18)24-5-7-27-8-6-24/h3-4,9-12H,5-8,13H2,1-2H3,(H,22,26)(H,21,23,25). The number of nitrogens with zero attached hydrogens (tertiary/aromatic N) is 2. The van der Waals surface area contributed by atoms with Crippen molar-refractivity contribution >= 4 is 23.3 Å². The van der Waals surface area contributed by atoms with Crippen LogP contribution in [-0.4, -0.2) is 49.6 Å². The Labute approximate surface area is 158 Å². The Morgan fingerprint density at radius 3 is 2.44 bits per heavy atom. The van der Waals surface area contributed by atoms with Gasteiger partial charge in [0.1, 0.15) is 5.82 Å². The summed E-state index contributed by atoms with van der Waals surface area (Å²) in [5.74, 6) is -0.135. The largest absolute Gasteiger partial charge is 0.378 e. The van der Waals surface area contributed by atoms with E-state index in [-0.39, 0.29) is 18.4 Å². The van der Waals surface area contributed by atoms with Gasteiger partial charge < -0.3 is 20.3 Å². The first-order chi connectivity index (χ1) is 13.0. The Hall–Kier alpha value is -2.93. The van der Waals surface area contributed by atoms with Crippen molar-refractivity contribution in [3.63, 3.8) is 0 Å². The van der Waals surface area contributed by atoms with Crippen molar-refractivity contribution in [2.24, 2.45) is 0 Å². The Morgan fingerprint density at radius 1 is 1.11 bits per heavy atom. The molecule has 0 spiro atoms. The Morgan fingerprint density at radius 2 is 1.81 bits per heavy atom. The number of morpholine rings is 1. The number of carbonyl (C=O) groups excluding carboxylic acids is 2. The first-order valence-electron chi connectivity index (χ1n) is 8.96. The monoisotopic (exact) mass is 368 g/mol. The van der Waals surface area contributed by atoms with Crippen molar-refractivity contribution in [2.45, 2.75) is 13.8 Å². The van der Waals surface area contributed by atoms with Crippen LogP contribution < -0.4 is 15.5 Å². The summed E-state index contributed by atoms with van der Waals surface area (Å²) >= 11 is 0. The highest BCUT2D eigenvalue weighted by atomic mass is 16.5. The molecule has 1 fully saturated rings. The SMILES string of the molecule is Cc1cc(C)cc(C(=O)NCC(=O)Nc2ccc(N3CCOCC3)cn2)c1. The molecule has 2 N–H and O–H groups in total. The van der Waals surface area contributed by atoms with Crippen LogP contribution in [0.2, 0.25) is 0 Å². The quantitative estimate of drug-likeness (QED) is 0.842. The van der Waals surface area contributed by atoms with Gasteiger partial charge in [-0.2, -0.15) is 0 Å². The molecule has 0 radical (unpaired) electrons. The number of carbonyl (C=O) groups is 2. The van der Waals surface area contributed by atoms with Crippen LogP contribution in [0.1, 0.15) is 21.5 Å². The number of aromatic nitrogens is 1. The van der Waals surface area contributed by atoms with Crippen LogP contribution in [0.15, 0.2) is 36.5 Å². The normalized spacial score (nSPS) is 13.9. The van der Waals surface area contributed by atoms with Crippen molar-refractivity contribution in [3.8, 4) is 0 Å². The highest BCUT2D eigenvalue weighted by Gasteiger charge is 2.12. The minimum atomic E-state index is -0.320. The van der Waals surface area contributed by atoms with Gasteiger partial charge in [-0.1, -0.05) is 17.2 Å².